The summed E-state index contributed by atoms with van der Waals surface area (Å²) in [7, 11) is 0. The van der Waals surface area contributed by atoms with Gasteiger partial charge >= 0.3 is 19.5 Å². The van der Waals surface area contributed by atoms with Gasteiger partial charge in [-0.2, -0.15) is 0 Å². The Morgan fingerprint density at radius 3 is 2.20 bits per heavy atom. The second kappa shape index (κ2) is 7.19. The van der Waals surface area contributed by atoms with Crippen molar-refractivity contribution in [2.45, 2.75) is 13.8 Å². The summed E-state index contributed by atoms with van der Waals surface area (Å²) in [6, 6.07) is 11.6. The topological polar surface area (TPSA) is 53.0 Å². The second-order valence-corrected chi connectivity index (χ2v) is 2.52. The molecule has 0 saturated carbocycles. The second-order valence-electron chi connectivity index (χ2n) is 2.52. The fraction of sp³-hybridized carbons (Fsp3) is 0.182. The molecule has 1 radical (unpaired) electrons. The van der Waals surface area contributed by atoms with E-state index in [1.165, 1.54) is 0 Å². The first-order valence-corrected chi connectivity index (χ1v) is 4.67. The average Bonchev–Trinajstić information content (AvgIpc) is 2.69. The molecule has 1 aromatic carbocycles. The molecule has 0 amide bonds. The fourth-order valence-corrected chi connectivity index (χ4v) is 1.06. The van der Waals surface area contributed by atoms with Crippen molar-refractivity contribution >= 4 is 5.82 Å². The summed E-state index contributed by atoms with van der Waals surface area (Å²) in [5.41, 5.74) is 7.31. The van der Waals surface area contributed by atoms with Gasteiger partial charge in [-0.05, 0) is 11.9 Å². The Morgan fingerprint density at radius 2 is 1.73 bits per heavy atom. The number of hydrogen-bond donors (Lipinski definition) is 1. The van der Waals surface area contributed by atoms with Crippen LogP contribution in [0, 0.1) is 0 Å². The normalized spacial score (nSPS) is 8.40. The van der Waals surface area contributed by atoms with Crippen molar-refractivity contribution in [1.29, 1.82) is 0 Å². The predicted octanol–water partition coefficient (Wildman–Crippen LogP) is 2.31. The molecule has 81 valence electrons. The predicted molar refractivity (Wildman–Crippen MR) is 58.8 cm³/mol. The molecule has 0 aliphatic carbocycles. The number of benzene rings is 1. The zero-order valence-corrected chi connectivity index (χ0v) is 10.5. The van der Waals surface area contributed by atoms with E-state index < -0.39 is 0 Å². The molecule has 0 aliphatic heterocycles. The molecular formula is C11H14N3Ru. The Balaban J connectivity index is 0.000000617. The van der Waals surface area contributed by atoms with Gasteiger partial charge in [-0.15, -0.1) is 0 Å². The van der Waals surface area contributed by atoms with Gasteiger partial charge in [-0.3, -0.25) is 5.10 Å². The standard InChI is InChI=1S/C9H8N3.C2H6.Ru/c10-9-6-8(11-12-9)7-4-2-1-3-5-7;1-2;/h1-6H,(H2-,10,11,12);1-2H3;/q-1;;+1. The first-order valence-electron chi connectivity index (χ1n) is 4.67. The summed E-state index contributed by atoms with van der Waals surface area (Å²) >= 11 is 0. The van der Waals surface area contributed by atoms with Crippen LogP contribution in [-0.4, -0.2) is 5.10 Å². The Bertz CT molecular complexity index is 370. The van der Waals surface area contributed by atoms with Crippen molar-refractivity contribution in [3.05, 3.63) is 36.4 Å². The van der Waals surface area contributed by atoms with E-state index in [4.69, 9.17) is 5.73 Å². The van der Waals surface area contributed by atoms with E-state index in [-0.39, 0.29) is 19.5 Å². The smallest absolute Gasteiger partial charge is 0.494 e. The zero-order chi connectivity index (χ0) is 10.4. The van der Waals surface area contributed by atoms with E-state index in [1.807, 2.05) is 44.2 Å². The van der Waals surface area contributed by atoms with E-state index in [0.717, 1.165) is 11.3 Å². The van der Waals surface area contributed by atoms with Crippen molar-refractivity contribution in [3.63, 3.8) is 0 Å². The molecule has 0 bridgehead atoms. The van der Waals surface area contributed by atoms with Crippen LogP contribution >= 0.6 is 0 Å². The van der Waals surface area contributed by atoms with Gasteiger partial charge in [0.1, 0.15) is 0 Å². The van der Waals surface area contributed by atoms with Gasteiger partial charge in [0.2, 0.25) is 0 Å². The van der Waals surface area contributed by atoms with Gasteiger partial charge in [-0.1, -0.05) is 44.2 Å². The molecule has 2 rings (SSSR count). The zero-order valence-electron chi connectivity index (χ0n) is 8.79. The molecule has 1 heterocycles. The van der Waals surface area contributed by atoms with Gasteiger partial charge < -0.3 is 10.8 Å². The van der Waals surface area contributed by atoms with Gasteiger partial charge in [0.25, 0.3) is 0 Å². The van der Waals surface area contributed by atoms with Crippen LogP contribution in [0.25, 0.3) is 11.3 Å². The number of hydrogen-bond acceptors (Lipinski definition) is 2. The van der Waals surface area contributed by atoms with Crippen LogP contribution in [0.5, 0.6) is 0 Å². The maximum Gasteiger partial charge on any atom is 1.00 e. The molecule has 3 nitrogen and oxygen atoms in total. The molecule has 15 heavy (non-hydrogen) atoms. The van der Waals surface area contributed by atoms with E-state index in [9.17, 15) is 0 Å². The Labute approximate surface area is 103 Å². The maximum atomic E-state index is 5.44. The van der Waals surface area contributed by atoms with Crippen molar-refractivity contribution in [2.75, 3.05) is 5.73 Å². The first kappa shape index (κ1) is 13.9. The summed E-state index contributed by atoms with van der Waals surface area (Å²) in [5.74, 6) is 0.467. The third kappa shape index (κ3) is 3.84. The number of anilines is 1. The van der Waals surface area contributed by atoms with E-state index in [2.05, 4.69) is 10.2 Å². The molecule has 4 heteroatoms. The van der Waals surface area contributed by atoms with Crippen LogP contribution in [-0.2, 0) is 19.5 Å². The minimum absolute atomic E-state index is 0. The van der Waals surface area contributed by atoms with Gasteiger partial charge in [0.15, 0.2) is 0 Å². The van der Waals surface area contributed by atoms with Crippen LogP contribution in [0.2, 0.25) is 0 Å². The first-order chi connectivity index (χ1) is 6.86. The van der Waals surface area contributed by atoms with E-state index in [0.29, 0.717) is 5.82 Å². The summed E-state index contributed by atoms with van der Waals surface area (Å²) in [6.07, 6.45) is 0. The van der Waals surface area contributed by atoms with E-state index in [1.54, 1.807) is 6.07 Å². The van der Waals surface area contributed by atoms with Crippen molar-refractivity contribution in [3.8, 4) is 11.3 Å². The summed E-state index contributed by atoms with van der Waals surface area (Å²) < 4.78 is 0. The Hall–Kier alpha value is -1.15. The molecule has 0 atom stereocenters. The van der Waals surface area contributed by atoms with E-state index >= 15 is 0 Å². The number of rotatable bonds is 1. The molecule has 0 fully saturated rings. The van der Waals surface area contributed by atoms with Gasteiger partial charge in [-0.25, -0.2) is 0 Å². The van der Waals surface area contributed by atoms with Crippen LogP contribution in [0.4, 0.5) is 5.82 Å². The average molecular weight is 289 g/mol. The van der Waals surface area contributed by atoms with Crippen LogP contribution in [0.1, 0.15) is 13.8 Å². The van der Waals surface area contributed by atoms with Crippen LogP contribution in [0.3, 0.4) is 0 Å². The Morgan fingerprint density at radius 1 is 1.13 bits per heavy atom. The molecule has 0 aliphatic rings. The molecule has 0 saturated heterocycles. The number of aromatic nitrogens is 2. The number of nitrogen functional groups attached to an aromatic ring is 1. The number of nitrogens with two attached hydrogens (primary N) is 1. The van der Waals surface area contributed by atoms with Crippen LogP contribution in [0.15, 0.2) is 36.4 Å². The quantitative estimate of drug-likeness (QED) is 0.820. The number of nitrogens with zero attached hydrogens (tertiary/aromatic N) is 2. The fourth-order valence-electron chi connectivity index (χ4n) is 1.06. The maximum absolute atomic E-state index is 5.44. The molecule has 2 aromatic rings. The van der Waals surface area contributed by atoms with Crippen molar-refractivity contribution in [1.82, 2.24) is 10.2 Å². The van der Waals surface area contributed by atoms with Crippen LogP contribution < -0.4 is 10.8 Å². The van der Waals surface area contributed by atoms with Crippen molar-refractivity contribution < 1.29 is 19.5 Å². The van der Waals surface area contributed by atoms with Gasteiger partial charge in [0.05, 0.1) is 5.69 Å². The largest absolute Gasteiger partial charge is 1.00 e. The molecular weight excluding hydrogens is 275 g/mol. The van der Waals surface area contributed by atoms with Crippen molar-refractivity contribution in [2.24, 2.45) is 0 Å². The summed E-state index contributed by atoms with van der Waals surface area (Å²) in [5, 5.41) is 7.63. The molecule has 0 unspecified atom stereocenters. The molecule has 2 N–H and O–H groups in total. The summed E-state index contributed by atoms with van der Waals surface area (Å²) in [4.78, 5) is 0. The third-order valence-electron chi connectivity index (χ3n) is 1.63. The Kier molecular flexibility index (Phi) is 6.64. The third-order valence-corrected chi connectivity index (χ3v) is 1.63. The SMILES string of the molecule is CC.Nc1cc(-c2ccccc2)n[n-]1.[Ru+]. The van der Waals surface area contributed by atoms with Gasteiger partial charge in [0, 0.05) is 5.56 Å². The minimum atomic E-state index is 0. The monoisotopic (exact) mass is 290 g/mol. The summed E-state index contributed by atoms with van der Waals surface area (Å²) in [6.45, 7) is 4.00. The minimum Gasteiger partial charge on any atom is -0.494 e. The molecule has 0 spiro atoms. The molecule has 1 aromatic heterocycles.